The van der Waals surface area contributed by atoms with Crippen molar-refractivity contribution in [3.8, 4) is 5.75 Å². The van der Waals surface area contributed by atoms with Crippen LogP contribution >= 0.6 is 0 Å². The zero-order valence-corrected chi connectivity index (χ0v) is 17.9. The van der Waals surface area contributed by atoms with Crippen molar-refractivity contribution in [2.24, 2.45) is 0 Å². The Morgan fingerprint density at radius 2 is 1.72 bits per heavy atom. The van der Waals surface area contributed by atoms with Crippen molar-refractivity contribution in [3.05, 3.63) is 65.7 Å². The van der Waals surface area contributed by atoms with Crippen LogP contribution in [0.4, 0.5) is 0 Å². The second-order valence-electron chi connectivity index (χ2n) is 8.70. The highest BCUT2D eigenvalue weighted by Crippen LogP contribution is 2.49. The minimum absolute atomic E-state index is 0.0584. The van der Waals surface area contributed by atoms with E-state index in [-0.39, 0.29) is 42.8 Å². The van der Waals surface area contributed by atoms with Gasteiger partial charge in [-0.3, -0.25) is 14.5 Å². The first-order valence-electron chi connectivity index (χ1n) is 11.0. The molecule has 2 aromatic carbocycles. The van der Waals surface area contributed by atoms with E-state index in [4.69, 9.17) is 14.2 Å². The van der Waals surface area contributed by atoms with Gasteiger partial charge in [0.1, 0.15) is 30.0 Å². The minimum atomic E-state index is -0.686. The number of ether oxygens (including phenoxy) is 3. The molecule has 32 heavy (non-hydrogen) atoms. The Balaban J connectivity index is 1.22. The summed E-state index contributed by atoms with van der Waals surface area (Å²) < 4.78 is 16.8. The van der Waals surface area contributed by atoms with Crippen molar-refractivity contribution in [1.29, 1.82) is 0 Å². The number of aliphatic hydroxyl groups is 1. The fourth-order valence-electron chi connectivity index (χ4n) is 5.17. The number of rotatable bonds is 8. The van der Waals surface area contributed by atoms with E-state index in [0.717, 1.165) is 11.3 Å². The molecule has 3 fully saturated rings. The second kappa shape index (κ2) is 8.65. The van der Waals surface area contributed by atoms with E-state index in [1.807, 2.05) is 30.3 Å². The maximum Gasteiger partial charge on any atom is 0.316 e. The predicted octanol–water partition coefficient (Wildman–Crippen LogP) is 2.18. The van der Waals surface area contributed by atoms with Crippen molar-refractivity contribution >= 4 is 11.8 Å². The van der Waals surface area contributed by atoms with Gasteiger partial charge in [-0.2, -0.15) is 0 Å². The second-order valence-corrected chi connectivity index (χ2v) is 8.70. The highest BCUT2D eigenvalue weighted by Gasteiger charge is 2.64. The summed E-state index contributed by atoms with van der Waals surface area (Å²) in [5.41, 5.74) is 1.40. The smallest absolute Gasteiger partial charge is 0.316 e. The number of fused-ring (bicyclic) bond motifs is 5. The van der Waals surface area contributed by atoms with Crippen molar-refractivity contribution in [3.63, 3.8) is 0 Å². The summed E-state index contributed by atoms with van der Waals surface area (Å²) in [6.07, 6.45) is 1.24. The number of carbonyl (C=O) groups excluding carboxylic acids is 2. The molecule has 3 aliphatic rings. The number of piperidine rings is 1. The van der Waals surface area contributed by atoms with Gasteiger partial charge in [0.2, 0.25) is 0 Å². The number of hydrogen-bond acceptors (Lipinski definition) is 7. The summed E-state index contributed by atoms with van der Waals surface area (Å²) in [6.45, 7) is 0.0290. The molecule has 3 heterocycles. The molecule has 0 amide bonds. The number of epoxide rings is 1. The number of Topliss-reactive ketones (excluding diaryl/α,β-unsaturated/α-hetero) is 1. The van der Waals surface area contributed by atoms with Crippen LogP contribution < -0.4 is 4.74 Å². The number of morpholine rings is 1. The lowest BCUT2D eigenvalue weighted by Crippen LogP contribution is -2.52. The van der Waals surface area contributed by atoms with E-state index < -0.39 is 11.9 Å². The van der Waals surface area contributed by atoms with Crippen LogP contribution in [-0.2, 0) is 14.3 Å². The Labute approximate surface area is 186 Å². The Morgan fingerprint density at radius 1 is 1.06 bits per heavy atom. The third-order valence-electron chi connectivity index (χ3n) is 6.87. The number of carbonyl (C=O) groups is 2. The van der Waals surface area contributed by atoms with Crippen LogP contribution in [0.2, 0.25) is 0 Å². The largest absolute Gasteiger partial charge is 0.497 e. The van der Waals surface area contributed by atoms with E-state index in [2.05, 4.69) is 4.90 Å². The van der Waals surface area contributed by atoms with E-state index in [1.165, 1.54) is 0 Å². The third-order valence-corrected chi connectivity index (χ3v) is 6.87. The Morgan fingerprint density at radius 3 is 2.31 bits per heavy atom. The first-order valence-corrected chi connectivity index (χ1v) is 11.0. The minimum Gasteiger partial charge on any atom is -0.497 e. The topological polar surface area (TPSA) is 88.6 Å². The molecule has 2 bridgehead atoms. The Kier molecular flexibility index (Phi) is 5.71. The van der Waals surface area contributed by atoms with E-state index in [9.17, 15) is 14.7 Å². The lowest BCUT2D eigenvalue weighted by Gasteiger charge is -2.40. The van der Waals surface area contributed by atoms with Crippen LogP contribution in [0.15, 0.2) is 54.6 Å². The number of hydrogen-bond donors (Lipinski definition) is 1. The molecule has 0 radical (unpaired) electrons. The van der Waals surface area contributed by atoms with Crippen LogP contribution in [0.25, 0.3) is 0 Å². The summed E-state index contributed by atoms with van der Waals surface area (Å²) in [6, 6.07) is 16.5. The summed E-state index contributed by atoms with van der Waals surface area (Å²) in [4.78, 5) is 27.9. The SMILES string of the molecule is COc1ccc(C(=O)CN2C3CC(OC(=O)C(CO)c4ccccc4)CC2C2OC23)cc1. The van der Waals surface area contributed by atoms with E-state index in [0.29, 0.717) is 24.9 Å². The predicted molar refractivity (Wildman–Crippen MR) is 116 cm³/mol. The number of aliphatic hydroxyl groups excluding tert-OH is 1. The van der Waals surface area contributed by atoms with Gasteiger partial charge >= 0.3 is 5.97 Å². The third kappa shape index (κ3) is 3.92. The van der Waals surface area contributed by atoms with E-state index in [1.54, 1.807) is 31.4 Å². The van der Waals surface area contributed by atoms with E-state index >= 15 is 0 Å². The molecular weight excluding hydrogens is 410 g/mol. The fourth-order valence-corrected chi connectivity index (χ4v) is 5.17. The fraction of sp³-hybridized carbons (Fsp3) is 0.440. The van der Waals surface area contributed by atoms with Gasteiger partial charge < -0.3 is 19.3 Å². The molecule has 3 aliphatic heterocycles. The molecular formula is C25H27NO6. The molecule has 7 heteroatoms. The molecule has 5 rings (SSSR count). The number of benzene rings is 2. The average molecular weight is 437 g/mol. The van der Waals surface area contributed by atoms with Crippen LogP contribution in [0.3, 0.4) is 0 Å². The number of ketones is 1. The number of methoxy groups -OCH3 is 1. The molecule has 0 saturated carbocycles. The molecule has 2 aromatic rings. The molecule has 1 N–H and O–H groups in total. The molecule has 7 nitrogen and oxygen atoms in total. The van der Waals surface area contributed by atoms with Crippen LogP contribution in [-0.4, -0.2) is 72.4 Å². The van der Waals surface area contributed by atoms with Gasteiger partial charge in [-0.15, -0.1) is 0 Å². The summed E-state index contributed by atoms with van der Waals surface area (Å²) in [5, 5.41) is 9.75. The summed E-state index contributed by atoms with van der Waals surface area (Å²) >= 11 is 0. The lowest BCUT2D eigenvalue weighted by atomic mass is 9.96. The molecule has 0 spiro atoms. The van der Waals surface area contributed by atoms with Crippen LogP contribution in [0.1, 0.15) is 34.7 Å². The standard InChI is InChI=1S/C25H27NO6/c1-30-17-9-7-16(8-10-17)22(28)13-26-20-11-18(12-21(26)24-23(20)32-24)31-25(29)19(14-27)15-5-3-2-4-6-15/h2-10,18-21,23-24,27H,11-14H2,1H3. The monoisotopic (exact) mass is 437 g/mol. The zero-order valence-electron chi connectivity index (χ0n) is 17.9. The first-order chi connectivity index (χ1) is 15.6. The summed E-state index contributed by atoms with van der Waals surface area (Å²) in [7, 11) is 1.60. The molecule has 3 saturated heterocycles. The molecule has 5 atom stereocenters. The molecule has 168 valence electrons. The number of nitrogens with zero attached hydrogens (tertiary/aromatic N) is 1. The molecule has 0 aromatic heterocycles. The van der Waals surface area contributed by atoms with Gasteiger partial charge in [-0.25, -0.2) is 0 Å². The van der Waals surface area contributed by atoms with Gasteiger partial charge in [0.25, 0.3) is 0 Å². The van der Waals surface area contributed by atoms with Gasteiger partial charge in [0.05, 0.1) is 20.3 Å². The van der Waals surface area contributed by atoms with Gasteiger partial charge in [-0.05, 0) is 29.8 Å². The normalized spacial score (nSPS) is 29.1. The van der Waals surface area contributed by atoms with Gasteiger partial charge in [0.15, 0.2) is 5.78 Å². The number of esters is 1. The quantitative estimate of drug-likeness (QED) is 0.385. The van der Waals surface area contributed by atoms with Crippen LogP contribution in [0.5, 0.6) is 5.75 Å². The lowest BCUT2D eigenvalue weighted by molar-refractivity contribution is -0.156. The van der Waals surface area contributed by atoms with Crippen molar-refractivity contribution in [1.82, 2.24) is 4.90 Å². The van der Waals surface area contributed by atoms with Crippen molar-refractivity contribution < 1.29 is 28.9 Å². The summed E-state index contributed by atoms with van der Waals surface area (Å²) in [5.74, 6) is -0.311. The van der Waals surface area contributed by atoms with Gasteiger partial charge in [0, 0.05) is 30.5 Å². The van der Waals surface area contributed by atoms with Gasteiger partial charge in [-0.1, -0.05) is 30.3 Å². The molecule has 5 unspecified atom stereocenters. The maximum atomic E-state index is 12.9. The van der Waals surface area contributed by atoms with Crippen molar-refractivity contribution in [2.45, 2.75) is 49.2 Å². The Bertz CT molecular complexity index is 960. The zero-order chi connectivity index (χ0) is 22.2. The average Bonchev–Trinajstić information content (AvgIpc) is 3.58. The highest BCUT2D eigenvalue weighted by atomic mass is 16.6. The highest BCUT2D eigenvalue weighted by molar-refractivity contribution is 5.97. The molecule has 0 aliphatic carbocycles. The first kappa shape index (κ1) is 21.1. The van der Waals surface area contributed by atoms with Crippen LogP contribution in [0, 0.1) is 0 Å². The Hall–Kier alpha value is -2.74. The van der Waals surface area contributed by atoms with Crippen molar-refractivity contribution in [2.75, 3.05) is 20.3 Å². The maximum absolute atomic E-state index is 12.9.